The molecule has 112 valence electrons. The van der Waals surface area contributed by atoms with E-state index in [1.54, 1.807) is 0 Å². The first-order valence-electron chi connectivity index (χ1n) is 5.37. The van der Waals surface area contributed by atoms with E-state index in [0.717, 1.165) is 6.54 Å². The van der Waals surface area contributed by atoms with Crippen LogP contribution < -0.4 is 0 Å². The molecule has 0 aromatic carbocycles. The highest BCUT2D eigenvalue weighted by atomic mass is 32.3. The number of allylic oxidation sites excluding steroid dienone is 2. The van der Waals surface area contributed by atoms with Gasteiger partial charge < -0.3 is 4.90 Å². The highest BCUT2D eigenvalue weighted by Gasteiger charge is 2.15. The predicted octanol–water partition coefficient (Wildman–Crippen LogP) is 0.781. The summed E-state index contributed by atoms with van der Waals surface area (Å²) in [7, 11) is -10.2. The second kappa shape index (κ2) is 8.27. The van der Waals surface area contributed by atoms with Gasteiger partial charge in [-0.1, -0.05) is 25.5 Å². The van der Waals surface area contributed by atoms with Crippen LogP contribution in [0, 0.1) is 0 Å². The third kappa shape index (κ3) is 13.3. The molecule has 10 heteroatoms. The smallest absolute Gasteiger partial charge is 0.374 e. The van der Waals surface area contributed by atoms with Crippen molar-refractivity contribution in [3.8, 4) is 0 Å². The minimum Gasteiger partial charge on any atom is -0.374 e. The molecule has 1 heterocycles. The molecule has 0 aromatic heterocycles. The van der Waals surface area contributed by atoms with Crippen LogP contribution in [-0.4, -0.2) is 43.9 Å². The summed E-state index contributed by atoms with van der Waals surface area (Å²) >= 11 is 0. The Bertz CT molecular complexity index is 477. The maximum atomic E-state index is 9.44. The molecule has 1 rings (SSSR count). The summed E-state index contributed by atoms with van der Waals surface area (Å²) in [6.45, 7) is 4.53. The average Bonchev–Trinajstić information content (AvgIpc) is 2.23. The summed E-state index contributed by atoms with van der Waals surface area (Å²) in [5, 5.41) is 0. The lowest BCUT2D eigenvalue weighted by atomic mass is 10.3. The van der Waals surface area contributed by atoms with E-state index >= 15 is 0 Å². The second-order valence-corrected chi connectivity index (χ2v) is 5.80. The van der Waals surface area contributed by atoms with Gasteiger partial charge in [0, 0.05) is 13.1 Å². The SMILES string of the molecule is CCCCN1C=CC=CC1.O=S(=O)(O)OS(=O)(=O)O. The van der Waals surface area contributed by atoms with E-state index in [-0.39, 0.29) is 0 Å². The van der Waals surface area contributed by atoms with E-state index in [1.165, 1.54) is 19.4 Å². The number of nitrogens with zero attached hydrogens (tertiary/aromatic N) is 1. The van der Waals surface area contributed by atoms with Crippen LogP contribution in [0.2, 0.25) is 0 Å². The normalized spacial score (nSPS) is 15.0. The molecule has 0 atom stereocenters. The van der Waals surface area contributed by atoms with Crippen LogP contribution in [0.5, 0.6) is 0 Å². The molecule has 0 amide bonds. The van der Waals surface area contributed by atoms with Crippen molar-refractivity contribution >= 4 is 20.8 Å². The summed E-state index contributed by atoms with van der Waals surface area (Å²) in [4.78, 5) is 2.34. The summed E-state index contributed by atoms with van der Waals surface area (Å²) in [5.74, 6) is 0. The maximum absolute atomic E-state index is 9.44. The van der Waals surface area contributed by atoms with Crippen LogP contribution in [0.4, 0.5) is 0 Å². The van der Waals surface area contributed by atoms with Gasteiger partial charge in [0.25, 0.3) is 0 Å². The molecular formula is C9H17NO7S2. The van der Waals surface area contributed by atoms with Crippen molar-refractivity contribution in [2.45, 2.75) is 19.8 Å². The van der Waals surface area contributed by atoms with E-state index in [4.69, 9.17) is 9.11 Å². The number of hydrogen-bond donors (Lipinski definition) is 2. The van der Waals surface area contributed by atoms with Gasteiger partial charge >= 0.3 is 20.8 Å². The van der Waals surface area contributed by atoms with Crippen molar-refractivity contribution in [1.29, 1.82) is 0 Å². The van der Waals surface area contributed by atoms with E-state index < -0.39 is 20.8 Å². The van der Waals surface area contributed by atoms with Crippen LogP contribution in [0.25, 0.3) is 0 Å². The lowest BCUT2D eigenvalue weighted by Crippen LogP contribution is -2.19. The highest BCUT2D eigenvalue weighted by Crippen LogP contribution is 2.00. The highest BCUT2D eigenvalue weighted by molar-refractivity contribution is 7.94. The van der Waals surface area contributed by atoms with Gasteiger partial charge in [-0.05, 0) is 18.7 Å². The fourth-order valence-electron chi connectivity index (χ4n) is 1.14. The van der Waals surface area contributed by atoms with Gasteiger partial charge in [-0.25, -0.2) is 0 Å². The number of hydrogen-bond acceptors (Lipinski definition) is 6. The van der Waals surface area contributed by atoms with E-state index in [2.05, 4.69) is 39.9 Å². The standard InChI is InChI=1S/C9H15N.H2O7S2/c1-2-3-7-10-8-5-4-6-9-10;1-8(2,3)7-9(4,5)6/h4-6,8H,2-3,7,9H2,1H3;(H,1,2,3)(H,4,5,6). The molecule has 0 bridgehead atoms. The quantitative estimate of drug-likeness (QED) is 0.714. The van der Waals surface area contributed by atoms with Gasteiger partial charge in [0.15, 0.2) is 0 Å². The lowest BCUT2D eigenvalue weighted by molar-refractivity contribution is 0.344. The molecule has 1 aliphatic rings. The first kappa shape index (κ1) is 18.1. The molecule has 0 spiro atoms. The van der Waals surface area contributed by atoms with Crippen LogP contribution >= 0.6 is 0 Å². The Kier molecular flexibility index (Phi) is 7.87. The minimum atomic E-state index is -5.12. The zero-order valence-corrected chi connectivity index (χ0v) is 12.0. The van der Waals surface area contributed by atoms with E-state index in [1.807, 2.05) is 0 Å². The number of unbranched alkanes of at least 4 members (excludes halogenated alkanes) is 1. The third-order valence-electron chi connectivity index (χ3n) is 1.85. The Balaban J connectivity index is 0.000000344. The van der Waals surface area contributed by atoms with Gasteiger partial charge in [-0.2, -0.15) is 16.8 Å². The second-order valence-electron chi connectivity index (χ2n) is 3.54. The Morgan fingerprint density at radius 2 is 1.74 bits per heavy atom. The average molecular weight is 315 g/mol. The van der Waals surface area contributed by atoms with Crippen molar-refractivity contribution in [1.82, 2.24) is 4.90 Å². The van der Waals surface area contributed by atoms with E-state index in [0.29, 0.717) is 0 Å². The van der Waals surface area contributed by atoms with Crippen LogP contribution in [0.15, 0.2) is 24.4 Å². The molecule has 2 N–H and O–H groups in total. The summed E-state index contributed by atoms with van der Waals surface area (Å²) < 4.78 is 55.6. The summed E-state index contributed by atoms with van der Waals surface area (Å²) in [5.41, 5.74) is 0. The molecule has 0 aliphatic carbocycles. The Morgan fingerprint density at radius 3 is 2.05 bits per heavy atom. The minimum absolute atomic E-state index is 1.09. The van der Waals surface area contributed by atoms with Crippen molar-refractivity contribution in [3.63, 3.8) is 0 Å². The van der Waals surface area contributed by atoms with Crippen LogP contribution in [0.1, 0.15) is 19.8 Å². The van der Waals surface area contributed by atoms with Crippen molar-refractivity contribution < 1.29 is 29.6 Å². The maximum Gasteiger partial charge on any atom is 0.413 e. The van der Waals surface area contributed by atoms with Gasteiger partial charge in [0.2, 0.25) is 0 Å². The van der Waals surface area contributed by atoms with Gasteiger partial charge in [-0.3, -0.25) is 9.11 Å². The molecule has 1 aliphatic heterocycles. The molecular weight excluding hydrogens is 298 g/mol. The Hall–Kier alpha value is -0.940. The molecule has 8 nitrogen and oxygen atoms in total. The third-order valence-corrected chi connectivity index (χ3v) is 3.23. The fraction of sp³-hybridized carbons (Fsp3) is 0.556. The van der Waals surface area contributed by atoms with Gasteiger partial charge in [0.1, 0.15) is 0 Å². The zero-order chi connectivity index (χ0) is 14.9. The van der Waals surface area contributed by atoms with Gasteiger partial charge in [-0.15, -0.1) is 3.63 Å². The largest absolute Gasteiger partial charge is 0.413 e. The Labute approximate surface area is 113 Å². The molecule has 0 saturated heterocycles. The zero-order valence-electron chi connectivity index (χ0n) is 10.3. The summed E-state index contributed by atoms with van der Waals surface area (Å²) in [6, 6.07) is 0. The molecule has 0 radical (unpaired) electrons. The molecule has 0 aromatic rings. The monoisotopic (exact) mass is 315 g/mol. The molecule has 0 unspecified atom stereocenters. The summed E-state index contributed by atoms with van der Waals surface area (Å²) in [6.07, 6.45) is 11.1. The Morgan fingerprint density at radius 1 is 1.16 bits per heavy atom. The predicted molar refractivity (Wildman–Crippen MR) is 68.9 cm³/mol. The van der Waals surface area contributed by atoms with Crippen molar-refractivity contribution in [3.05, 3.63) is 24.4 Å². The molecule has 19 heavy (non-hydrogen) atoms. The van der Waals surface area contributed by atoms with Crippen LogP contribution in [0.3, 0.4) is 0 Å². The lowest BCUT2D eigenvalue weighted by Gasteiger charge is -2.19. The molecule has 0 fully saturated rings. The van der Waals surface area contributed by atoms with Crippen LogP contribution in [-0.2, 0) is 24.4 Å². The number of rotatable bonds is 5. The van der Waals surface area contributed by atoms with Crippen molar-refractivity contribution in [2.24, 2.45) is 0 Å². The van der Waals surface area contributed by atoms with Crippen molar-refractivity contribution in [2.75, 3.05) is 13.1 Å². The topological polar surface area (TPSA) is 121 Å². The van der Waals surface area contributed by atoms with E-state index in [9.17, 15) is 16.8 Å². The first-order chi connectivity index (χ1) is 8.64. The first-order valence-corrected chi connectivity index (χ1v) is 8.10. The molecule has 0 saturated carbocycles. The van der Waals surface area contributed by atoms with Gasteiger partial charge in [0.05, 0.1) is 0 Å². The fourth-order valence-corrected chi connectivity index (χ4v) is 2.01.